The number of amides is 2. The Morgan fingerprint density at radius 3 is 2.64 bits per heavy atom. The molecule has 202 valence electrons. The summed E-state index contributed by atoms with van der Waals surface area (Å²) in [6.07, 6.45) is 1.63. The van der Waals surface area contributed by atoms with Crippen molar-refractivity contribution in [3.8, 4) is 11.5 Å². The van der Waals surface area contributed by atoms with Crippen LogP contribution in [0, 0.1) is 5.92 Å². The summed E-state index contributed by atoms with van der Waals surface area (Å²) >= 11 is 0. The fraction of sp³-hybridized carbons (Fsp3) is 0.692. The molecule has 1 heterocycles. The summed E-state index contributed by atoms with van der Waals surface area (Å²) in [6, 6.07) is 4.86. The van der Waals surface area contributed by atoms with Gasteiger partial charge in [0, 0.05) is 57.3 Å². The molecule has 1 aliphatic heterocycles. The van der Waals surface area contributed by atoms with Gasteiger partial charge in [-0.05, 0) is 51.3 Å². The lowest BCUT2D eigenvalue weighted by molar-refractivity contribution is 0.0491. The molecular formula is C26H41N3O7. The molecule has 2 amide bonds. The van der Waals surface area contributed by atoms with Crippen LogP contribution < -0.4 is 20.1 Å². The van der Waals surface area contributed by atoms with Gasteiger partial charge in [-0.25, -0.2) is 4.79 Å². The van der Waals surface area contributed by atoms with Crippen molar-refractivity contribution in [3.05, 3.63) is 23.8 Å². The number of carbonyl (C=O) groups is 2. The second-order valence-corrected chi connectivity index (χ2v) is 9.72. The lowest BCUT2D eigenvalue weighted by atomic mass is 10.0. The fourth-order valence-corrected chi connectivity index (χ4v) is 4.72. The molecular weight excluding hydrogens is 466 g/mol. The first-order chi connectivity index (χ1) is 17.3. The highest BCUT2D eigenvalue weighted by Crippen LogP contribution is 2.29. The summed E-state index contributed by atoms with van der Waals surface area (Å²) in [5.74, 6) is 0.891. The van der Waals surface area contributed by atoms with Crippen molar-refractivity contribution >= 4 is 12.0 Å². The normalized spacial score (nSPS) is 23.5. The molecule has 1 aromatic rings. The Bertz CT molecular complexity index is 866. The van der Waals surface area contributed by atoms with E-state index in [1.165, 1.54) is 0 Å². The van der Waals surface area contributed by atoms with Crippen LogP contribution in [-0.2, 0) is 9.47 Å². The number of methoxy groups -OCH3 is 2. The Hall–Kier alpha value is -2.56. The van der Waals surface area contributed by atoms with E-state index in [9.17, 15) is 14.7 Å². The van der Waals surface area contributed by atoms with Crippen molar-refractivity contribution in [1.82, 2.24) is 15.5 Å². The largest absolute Gasteiger partial charge is 0.493 e. The van der Waals surface area contributed by atoms with E-state index in [4.69, 9.17) is 18.9 Å². The lowest BCUT2D eigenvalue weighted by Crippen LogP contribution is -2.46. The molecule has 1 saturated heterocycles. The Kier molecular flexibility index (Phi) is 10.6. The molecule has 1 aliphatic carbocycles. The highest BCUT2D eigenvalue weighted by molar-refractivity contribution is 5.95. The second kappa shape index (κ2) is 13.7. The molecule has 3 rings (SSSR count). The van der Waals surface area contributed by atoms with Crippen LogP contribution in [0.4, 0.5) is 4.79 Å². The number of rotatable bonds is 12. The van der Waals surface area contributed by atoms with Gasteiger partial charge in [0.15, 0.2) is 11.5 Å². The van der Waals surface area contributed by atoms with Crippen LogP contribution in [0.2, 0.25) is 0 Å². The average molecular weight is 508 g/mol. The van der Waals surface area contributed by atoms with Crippen molar-refractivity contribution in [2.24, 2.45) is 5.92 Å². The van der Waals surface area contributed by atoms with Crippen LogP contribution in [0.5, 0.6) is 11.5 Å². The molecule has 10 nitrogen and oxygen atoms in total. The van der Waals surface area contributed by atoms with Gasteiger partial charge in [0.2, 0.25) is 0 Å². The number of hydrogen-bond donors (Lipinski definition) is 3. The summed E-state index contributed by atoms with van der Waals surface area (Å²) in [5.41, 5.74) is 0.502. The molecule has 10 heteroatoms. The van der Waals surface area contributed by atoms with Crippen molar-refractivity contribution < 1.29 is 33.6 Å². The first-order valence-corrected chi connectivity index (χ1v) is 12.8. The summed E-state index contributed by atoms with van der Waals surface area (Å²) < 4.78 is 22.0. The summed E-state index contributed by atoms with van der Waals surface area (Å²) in [7, 11) is 3.21. The third kappa shape index (κ3) is 7.47. The van der Waals surface area contributed by atoms with E-state index in [-0.39, 0.29) is 30.0 Å². The number of aliphatic hydroxyl groups excluding tert-OH is 1. The van der Waals surface area contributed by atoms with Gasteiger partial charge in [0.25, 0.3) is 5.91 Å². The predicted octanol–water partition coefficient (Wildman–Crippen LogP) is 2.19. The molecule has 3 N–H and O–H groups in total. The molecule has 0 bridgehead atoms. The van der Waals surface area contributed by atoms with Crippen molar-refractivity contribution in [1.29, 1.82) is 0 Å². The highest BCUT2D eigenvalue weighted by Gasteiger charge is 2.35. The zero-order valence-corrected chi connectivity index (χ0v) is 21.8. The molecule has 4 atom stereocenters. The minimum atomic E-state index is -0.526. The second-order valence-electron chi connectivity index (χ2n) is 9.72. The van der Waals surface area contributed by atoms with E-state index in [0.29, 0.717) is 56.3 Å². The lowest BCUT2D eigenvalue weighted by Gasteiger charge is -2.31. The third-order valence-electron chi connectivity index (χ3n) is 6.80. The van der Waals surface area contributed by atoms with Gasteiger partial charge in [0.1, 0.15) is 6.10 Å². The maximum atomic E-state index is 13.5. The van der Waals surface area contributed by atoms with Crippen molar-refractivity contribution in [3.63, 3.8) is 0 Å². The van der Waals surface area contributed by atoms with Crippen LogP contribution in [0.3, 0.4) is 0 Å². The number of nitrogens with zero attached hydrogens (tertiary/aromatic N) is 1. The van der Waals surface area contributed by atoms with Gasteiger partial charge in [-0.15, -0.1) is 0 Å². The van der Waals surface area contributed by atoms with Crippen LogP contribution in [0.25, 0.3) is 0 Å². The van der Waals surface area contributed by atoms with E-state index >= 15 is 0 Å². The number of alkyl carbamates (subject to hydrolysis) is 1. The van der Waals surface area contributed by atoms with Gasteiger partial charge in [-0.2, -0.15) is 0 Å². The Labute approximate surface area is 213 Å². The Morgan fingerprint density at radius 2 is 1.97 bits per heavy atom. The van der Waals surface area contributed by atoms with Gasteiger partial charge in [0.05, 0.1) is 25.9 Å². The molecule has 0 unspecified atom stereocenters. The van der Waals surface area contributed by atoms with E-state index in [1.807, 2.05) is 13.8 Å². The monoisotopic (exact) mass is 507 g/mol. The number of hydrogen-bond acceptors (Lipinski definition) is 8. The number of aliphatic hydroxyl groups is 1. The van der Waals surface area contributed by atoms with Crippen molar-refractivity contribution in [2.75, 3.05) is 47.1 Å². The molecule has 0 radical (unpaired) electrons. The van der Waals surface area contributed by atoms with Gasteiger partial charge in [-0.1, -0.05) is 0 Å². The smallest absolute Gasteiger partial charge is 0.407 e. The number of ether oxygens (including phenoxy) is 4. The topological polar surface area (TPSA) is 119 Å². The average Bonchev–Trinajstić information content (AvgIpc) is 3.47. The van der Waals surface area contributed by atoms with Crippen LogP contribution >= 0.6 is 0 Å². The Balaban J connectivity index is 1.64. The summed E-state index contributed by atoms with van der Waals surface area (Å²) in [6.45, 7) is 6.56. The van der Waals surface area contributed by atoms with E-state index in [2.05, 4.69) is 10.6 Å². The van der Waals surface area contributed by atoms with E-state index in [1.54, 1.807) is 37.3 Å². The molecule has 0 spiro atoms. The minimum Gasteiger partial charge on any atom is -0.493 e. The highest BCUT2D eigenvalue weighted by atomic mass is 16.6. The SMILES string of the molecule is COCCCOc1cc(C(=O)N(C[C@H]2CNC[C@H]2OC(=O)N[C@H]2CCC[C@@H]2O)C(C)C)ccc1OC. The van der Waals surface area contributed by atoms with Crippen molar-refractivity contribution in [2.45, 2.75) is 63.8 Å². The number of carbonyl (C=O) groups excluding carboxylic acids is 2. The predicted molar refractivity (Wildman–Crippen MR) is 135 cm³/mol. The summed E-state index contributed by atoms with van der Waals surface area (Å²) in [5, 5.41) is 16.0. The quantitative estimate of drug-likeness (QED) is 0.369. The number of nitrogens with one attached hydrogen (secondary N) is 2. The van der Waals surface area contributed by atoms with Crippen LogP contribution in [0.15, 0.2) is 18.2 Å². The molecule has 1 aromatic carbocycles. The zero-order chi connectivity index (χ0) is 26.1. The number of benzene rings is 1. The van der Waals surface area contributed by atoms with Crippen LogP contribution in [-0.4, -0.2) is 93.4 Å². The molecule has 0 aromatic heterocycles. The third-order valence-corrected chi connectivity index (χ3v) is 6.80. The Morgan fingerprint density at radius 1 is 1.17 bits per heavy atom. The van der Waals surface area contributed by atoms with Crippen LogP contribution in [0.1, 0.15) is 49.9 Å². The minimum absolute atomic E-state index is 0.0568. The first-order valence-electron chi connectivity index (χ1n) is 12.8. The molecule has 2 fully saturated rings. The van der Waals surface area contributed by atoms with E-state index in [0.717, 1.165) is 19.3 Å². The molecule has 2 aliphatic rings. The van der Waals surface area contributed by atoms with Gasteiger partial charge >= 0.3 is 6.09 Å². The summed E-state index contributed by atoms with van der Waals surface area (Å²) in [4.78, 5) is 27.8. The maximum absolute atomic E-state index is 13.5. The standard InChI is InChI=1S/C26H41N3O7/c1-17(2)29(25(31)18-9-10-22(34-4)23(13-18)35-12-6-11-33-3)16-19-14-27-15-24(19)36-26(32)28-20-7-5-8-21(20)30/h9-10,13,17,19-21,24,27,30H,5-8,11-12,14-16H2,1-4H3,(H,28,32)/t19-,20+,21+,24-/m1/s1. The maximum Gasteiger partial charge on any atom is 0.407 e. The molecule has 1 saturated carbocycles. The van der Waals surface area contributed by atoms with Gasteiger partial charge in [-0.3, -0.25) is 4.79 Å². The first kappa shape index (κ1) is 28.0. The molecule has 36 heavy (non-hydrogen) atoms. The van der Waals surface area contributed by atoms with E-state index < -0.39 is 12.2 Å². The van der Waals surface area contributed by atoms with Gasteiger partial charge < -0.3 is 39.6 Å². The fourth-order valence-electron chi connectivity index (χ4n) is 4.72. The zero-order valence-electron chi connectivity index (χ0n) is 21.8.